The van der Waals surface area contributed by atoms with Crippen LogP contribution >= 0.6 is 12.2 Å². The average molecular weight is 264 g/mol. The normalized spacial score (nSPS) is 25.8. The van der Waals surface area contributed by atoms with Crippen molar-refractivity contribution in [3.63, 3.8) is 0 Å². The Kier molecular flexibility index (Phi) is 4.70. The zero-order valence-electron chi connectivity index (χ0n) is 9.85. The maximum absolute atomic E-state index is 11.4. The van der Waals surface area contributed by atoms with Gasteiger partial charge in [-0.05, 0) is 13.0 Å². The van der Waals surface area contributed by atoms with Gasteiger partial charge in [0.25, 0.3) is 0 Å². The van der Waals surface area contributed by atoms with Crippen LogP contribution in [0.5, 0.6) is 0 Å². The van der Waals surface area contributed by atoms with E-state index in [0.717, 1.165) is 19.5 Å². The van der Waals surface area contributed by atoms with Crippen molar-refractivity contribution >= 4 is 27.0 Å². The van der Waals surface area contributed by atoms with Crippen molar-refractivity contribution in [3.8, 4) is 0 Å². The van der Waals surface area contributed by atoms with Crippen LogP contribution < -0.4 is 5.73 Å². The first-order valence-corrected chi connectivity index (χ1v) is 7.82. The molecule has 1 rings (SSSR count). The van der Waals surface area contributed by atoms with E-state index in [1.807, 2.05) is 13.8 Å². The monoisotopic (exact) mass is 264 g/mol. The standard InChI is InChI=1S/C10H20N2O2S2/c1-3-12(6-8(2)10(11)15)9-4-5-16(13,14)7-9/h8-9H,3-7H2,1-2H3,(H2,11,15). The minimum absolute atomic E-state index is 0.137. The quantitative estimate of drug-likeness (QED) is 0.729. The Balaban J connectivity index is 2.59. The third kappa shape index (κ3) is 3.68. The van der Waals surface area contributed by atoms with Crippen LogP contribution in [0.3, 0.4) is 0 Å². The van der Waals surface area contributed by atoms with Gasteiger partial charge in [-0.2, -0.15) is 0 Å². The van der Waals surface area contributed by atoms with Gasteiger partial charge in [0, 0.05) is 18.5 Å². The summed E-state index contributed by atoms with van der Waals surface area (Å²) >= 11 is 4.94. The van der Waals surface area contributed by atoms with Gasteiger partial charge in [-0.25, -0.2) is 8.42 Å². The van der Waals surface area contributed by atoms with Gasteiger partial charge in [0.05, 0.1) is 16.5 Å². The van der Waals surface area contributed by atoms with E-state index in [-0.39, 0.29) is 17.7 Å². The van der Waals surface area contributed by atoms with Gasteiger partial charge in [0.1, 0.15) is 0 Å². The van der Waals surface area contributed by atoms with Crippen molar-refractivity contribution in [2.24, 2.45) is 11.7 Å². The van der Waals surface area contributed by atoms with E-state index in [0.29, 0.717) is 10.7 Å². The van der Waals surface area contributed by atoms with Crippen molar-refractivity contribution in [1.82, 2.24) is 4.90 Å². The molecular formula is C10H20N2O2S2. The van der Waals surface area contributed by atoms with Gasteiger partial charge in [-0.3, -0.25) is 4.90 Å². The van der Waals surface area contributed by atoms with Gasteiger partial charge < -0.3 is 5.73 Å². The lowest BCUT2D eigenvalue weighted by Crippen LogP contribution is -2.41. The third-order valence-electron chi connectivity index (χ3n) is 3.13. The van der Waals surface area contributed by atoms with Crippen LogP contribution in [0.4, 0.5) is 0 Å². The van der Waals surface area contributed by atoms with Crippen LogP contribution in [-0.2, 0) is 9.84 Å². The summed E-state index contributed by atoms with van der Waals surface area (Å²) in [5.74, 6) is 0.735. The molecule has 16 heavy (non-hydrogen) atoms. The zero-order valence-corrected chi connectivity index (χ0v) is 11.5. The molecule has 0 aromatic carbocycles. The second kappa shape index (κ2) is 5.42. The van der Waals surface area contributed by atoms with E-state index in [1.54, 1.807) is 0 Å². The molecule has 4 nitrogen and oxygen atoms in total. The number of nitrogens with two attached hydrogens (primary N) is 1. The van der Waals surface area contributed by atoms with Gasteiger partial charge >= 0.3 is 0 Å². The summed E-state index contributed by atoms with van der Waals surface area (Å²) < 4.78 is 22.8. The molecule has 2 atom stereocenters. The van der Waals surface area contributed by atoms with Crippen LogP contribution in [0.2, 0.25) is 0 Å². The molecule has 0 aromatic rings. The Morgan fingerprint density at radius 2 is 2.25 bits per heavy atom. The molecule has 0 amide bonds. The highest BCUT2D eigenvalue weighted by molar-refractivity contribution is 7.91. The fraction of sp³-hybridized carbons (Fsp3) is 0.900. The minimum Gasteiger partial charge on any atom is -0.393 e. The van der Waals surface area contributed by atoms with Gasteiger partial charge in [-0.15, -0.1) is 0 Å². The SMILES string of the molecule is CCN(CC(C)C(N)=S)C1CCS(=O)(=O)C1. The molecule has 0 bridgehead atoms. The van der Waals surface area contributed by atoms with E-state index in [1.165, 1.54) is 0 Å². The number of thiocarbonyl (C=S) groups is 1. The molecular weight excluding hydrogens is 244 g/mol. The zero-order chi connectivity index (χ0) is 12.3. The highest BCUT2D eigenvalue weighted by Gasteiger charge is 2.32. The van der Waals surface area contributed by atoms with Crippen molar-refractivity contribution in [3.05, 3.63) is 0 Å². The molecule has 0 aliphatic carbocycles. The second-order valence-corrected chi connectivity index (χ2v) is 7.15. The summed E-state index contributed by atoms with van der Waals surface area (Å²) in [5, 5.41) is 0. The third-order valence-corrected chi connectivity index (χ3v) is 5.28. The Morgan fingerprint density at radius 3 is 2.62 bits per heavy atom. The van der Waals surface area contributed by atoms with E-state index >= 15 is 0 Å². The van der Waals surface area contributed by atoms with Crippen LogP contribution in [0.25, 0.3) is 0 Å². The molecule has 1 aliphatic rings. The summed E-state index contributed by atoms with van der Waals surface area (Å²) in [7, 11) is -2.81. The summed E-state index contributed by atoms with van der Waals surface area (Å²) in [5.41, 5.74) is 5.58. The van der Waals surface area contributed by atoms with Crippen molar-refractivity contribution in [1.29, 1.82) is 0 Å². The van der Waals surface area contributed by atoms with Crippen LogP contribution in [0.15, 0.2) is 0 Å². The molecule has 94 valence electrons. The topological polar surface area (TPSA) is 63.4 Å². The fourth-order valence-corrected chi connectivity index (χ4v) is 3.88. The number of nitrogens with zero attached hydrogens (tertiary/aromatic N) is 1. The molecule has 1 aliphatic heterocycles. The average Bonchev–Trinajstić information content (AvgIpc) is 2.54. The van der Waals surface area contributed by atoms with Crippen LogP contribution in [-0.4, -0.2) is 48.9 Å². The molecule has 6 heteroatoms. The van der Waals surface area contributed by atoms with Crippen molar-refractivity contribution in [2.45, 2.75) is 26.3 Å². The molecule has 1 fully saturated rings. The summed E-state index contributed by atoms with van der Waals surface area (Å²) in [4.78, 5) is 2.67. The maximum atomic E-state index is 11.4. The number of rotatable bonds is 5. The van der Waals surface area contributed by atoms with Gasteiger partial charge in [0.15, 0.2) is 9.84 Å². The number of sulfone groups is 1. The predicted octanol–water partition coefficient (Wildman–Crippen LogP) is 0.418. The summed E-state index contributed by atoms with van der Waals surface area (Å²) in [6, 6.07) is 0.145. The highest BCUT2D eigenvalue weighted by Crippen LogP contribution is 2.18. The molecule has 0 radical (unpaired) electrons. The Morgan fingerprint density at radius 1 is 1.62 bits per heavy atom. The lowest BCUT2D eigenvalue weighted by atomic mass is 10.1. The first kappa shape index (κ1) is 13.9. The summed E-state index contributed by atoms with van der Waals surface area (Å²) in [6.07, 6.45) is 0.736. The fourth-order valence-electron chi connectivity index (χ4n) is 2.04. The molecule has 2 N–H and O–H groups in total. The lowest BCUT2D eigenvalue weighted by Gasteiger charge is -2.28. The van der Waals surface area contributed by atoms with Crippen LogP contribution in [0.1, 0.15) is 20.3 Å². The number of hydrogen-bond acceptors (Lipinski definition) is 4. The Hall–Kier alpha value is -0.200. The molecule has 1 heterocycles. The van der Waals surface area contributed by atoms with Gasteiger partial charge in [0.2, 0.25) is 0 Å². The molecule has 2 unspecified atom stereocenters. The first-order chi connectivity index (χ1) is 7.35. The van der Waals surface area contributed by atoms with Gasteiger partial charge in [-0.1, -0.05) is 26.1 Å². The predicted molar refractivity (Wildman–Crippen MR) is 70.3 cm³/mol. The highest BCUT2D eigenvalue weighted by atomic mass is 32.2. The largest absolute Gasteiger partial charge is 0.393 e. The molecule has 1 saturated heterocycles. The molecule has 0 spiro atoms. The molecule has 0 saturated carbocycles. The van der Waals surface area contributed by atoms with E-state index in [9.17, 15) is 8.42 Å². The van der Waals surface area contributed by atoms with E-state index in [4.69, 9.17) is 18.0 Å². The number of hydrogen-bond donors (Lipinski definition) is 1. The Labute approximate surface area is 103 Å². The summed E-state index contributed by atoms with van der Waals surface area (Å²) in [6.45, 7) is 5.62. The minimum atomic E-state index is -2.81. The van der Waals surface area contributed by atoms with Crippen LogP contribution in [0, 0.1) is 5.92 Å². The Bertz CT molecular complexity index is 354. The van der Waals surface area contributed by atoms with Crippen molar-refractivity contribution in [2.75, 3.05) is 24.6 Å². The first-order valence-electron chi connectivity index (χ1n) is 5.59. The molecule has 0 aromatic heterocycles. The second-order valence-electron chi connectivity index (χ2n) is 4.45. The smallest absolute Gasteiger partial charge is 0.151 e. The van der Waals surface area contributed by atoms with E-state index in [2.05, 4.69) is 4.90 Å². The van der Waals surface area contributed by atoms with Crippen molar-refractivity contribution < 1.29 is 8.42 Å². The maximum Gasteiger partial charge on any atom is 0.151 e. The lowest BCUT2D eigenvalue weighted by molar-refractivity contribution is 0.211. The van der Waals surface area contributed by atoms with E-state index < -0.39 is 9.84 Å².